The molecule has 0 spiro atoms. The molecule has 0 aliphatic rings. The van der Waals surface area contributed by atoms with Gasteiger partial charge in [-0.1, -0.05) is 91.9 Å². The number of esters is 2. The number of benzene rings is 7. The van der Waals surface area contributed by atoms with Crippen molar-refractivity contribution in [3.8, 4) is 29.1 Å². The van der Waals surface area contributed by atoms with E-state index in [4.69, 9.17) is 25.5 Å². The fraction of sp³-hybridized carbons (Fsp3) is 0.131. The van der Waals surface area contributed by atoms with Crippen molar-refractivity contribution in [3.05, 3.63) is 246 Å². The highest BCUT2D eigenvalue weighted by atomic mass is 32.2. The maximum absolute atomic E-state index is 13.4. The molecule has 0 amide bonds. The van der Waals surface area contributed by atoms with Gasteiger partial charge >= 0.3 is 11.9 Å². The first-order valence-corrected chi connectivity index (χ1v) is 26.9. The minimum atomic E-state index is -3.70. The monoisotopic (exact) mass is 1050 g/mol. The van der Waals surface area contributed by atoms with Crippen molar-refractivity contribution in [2.45, 2.75) is 57.2 Å². The lowest BCUT2D eigenvalue weighted by Crippen LogP contribution is -2.35. The highest BCUT2D eigenvalue weighted by molar-refractivity contribution is 7.91. The Bertz CT molecular complexity index is 3500. The lowest BCUT2D eigenvalue weighted by atomic mass is 9.73. The second-order valence-corrected chi connectivity index (χ2v) is 21.5. The van der Waals surface area contributed by atoms with Gasteiger partial charge in [-0.25, -0.2) is 26.2 Å². The van der Waals surface area contributed by atoms with E-state index in [9.17, 15) is 31.7 Å². The number of hydrogen-bond donors (Lipinski definition) is 0. The summed E-state index contributed by atoms with van der Waals surface area (Å²) in [5, 5.41) is 9.43. The van der Waals surface area contributed by atoms with Gasteiger partial charge in [-0.15, -0.1) is 0 Å². The zero-order valence-corrected chi connectivity index (χ0v) is 43.0. The van der Waals surface area contributed by atoms with E-state index in [1.165, 1.54) is 31.4 Å². The molecule has 0 radical (unpaired) electrons. The largest absolute Gasteiger partial charge is 0.468 e. The maximum Gasteiger partial charge on any atom is 0.327 e. The molecule has 380 valence electrons. The predicted octanol–water partition coefficient (Wildman–Crippen LogP) is 11.8. The van der Waals surface area contributed by atoms with Gasteiger partial charge in [0.25, 0.3) is 0 Å². The zero-order valence-electron chi connectivity index (χ0n) is 41.4. The number of pyridine rings is 1. The van der Waals surface area contributed by atoms with Gasteiger partial charge in [0, 0.05) is 24.0 Å². The Morgan fingerprint density at radius 2 is 1.07 bits per heavy atom. The summed E-state index contributed by atoms with van der Waals surface area (Å²) in [7, 11) is -6.18. The van der Waals surface area contributed by atoms with Crippen molar-refractivity contribution in [1.29, 1.82) is 5.26 Å². The van der Waals surface area contributed by atoms with Crippen molar-refractivity contribution in [3.63, 3.8) is 0 Å². The summed E-state index contributed by atoms with van der Waals surface area (Å²) in [6, 6.07) is 56.1. The highest BCUT2D eigenvalue weighted by Gasteiger charge is 2.31. The number of aromatic nitrogens is 1. The van der Waals surface area contributed by atoms with E-state index in [1.807, 2.05) is 90.6 Å². The second kappa shape index (κ2) is 23.8. The van der Waals surface area contributed by atoms with Gasteiger partial charge in [-0.3, -0.25) is 9.59 Å². The topological polar surface area (TPSA) is 171 Å². The van der Waals surface area contributed by atoms with Crippen LogP contribution in [0.2, 0.25) is 0 Å². The molecule has 1 heterocycles. The lowest BCUT2D eigenvalue weighted by Gasteiger charge is -2.31. The Morgan fingerprint density at radius 3 is 1.49 bits per heavy atom. The quantitative estimate of drug-likeness (QED) is 0.0404. The molecule has 0 N–H and O–H groups in total. The third kappa shape index (κ3) is 12.6. The van der Waals surface area contributed by atoms with Crippen LogP contribution in [0, 0.1) is 17.9 Å². The molecule has 15 heteroatoms. The van der Waals surface area contributed by atoms with E-state index in [2.05, 4.69) is 4.85 Å². The van der Waals surface area contributed by atoms with Gasteiger partial charge in [0.1, 0.15) is 23.0 Å². The molecule has 0 saturated heterocycles. The minimum Gasteiger partial charge on any atom is -0.468 e. The van der Waals surface area contributed by atoms with Crippen LogP contribution in [-0.2, 0) is 50.7 Å². The Kier molecular flexibility index (Phi) is 16.7. The number of ether oxygens (including phenoxy) is 4. The van der Waals surface area contributed by atoms with Crippen LogP contribution in [0.15, 0.2) is 226 Å². The normalized spacial score (nSPS) is 12.1. The molecule has 0 aliphatic heterocycles. The predicted molar refractivity (Wildman–Crippen MR) is 284 cm³/mol. The van der Waals surface area contributed by atoms with Crippen LogP contribution in [0.1, 0.15) is 53.5 Å². The van der Waals surface area contributed by atoms with E-state index < -0.39 is 37.0 Å². The van der Waals surface area contributed by atoms with Crippen molar-refractivity contribution < 1.29 is 49.9 Å². The summed E-state index contributed by atoms with van der Waals surface area (Å²) in [5.41, 5.74) is 3.28. The van der Waals surface area contributed by atoms with Gasteiger partial charge in [-0.05, 0) is 137 Å². The molecule has 1 aromatic heterocycles. The Balaban J connectivity index is 0.932. The molecule has 0 fully saturated rings. The van der Waals surface area contributed by atoms with Crippen LogP contribution in [0.25, 0.3) is 16.6 Å². The van der Waals surface area contributed by atoms with E-state index >= 15 is 0 Å². The Hall–Kier alpha value is -9.15. The molecule has 1 atom stereocenters. The molecule has 7 aromatic carbocycles. The average molecular weight is 1050 g/mol. The van der Waals surface area contributed by atoms with Gasteiger partial charge < -0.3 is 18.9 Å². The Labute approximate surface area is 442 Å². The number of carbonyl (C=O) groups is 2. The van der Waals surface area contributed by atoms with Crippen molar-refractivity contribution in [2.24, 2.45) is 0 Å². The first-order chi connectivity index (χ1) is 36.7. The number of hydrogen-bond acceptors (Lipinski definition) is 11. The minimum absolute atomic E-state index is 0.0815. The molecule has 8 rings (SSSR count). The molecule has 8 aromatic rings. The van der Waals surface area contributed by atoms with Crippen molar-refractivity contribution in [1.82, 2.24) is 0 Å². The van der Waals surface area contributed by atoms with Gasteiger partial charge in [-0.2, -0.15) is 5.26 Å². The van der Waals surface area contributed by atoms with E-state index in [1.54, 1.807) is 115 Å². The fourth-order valence-electron chi connectivity index (χ4n) is 8.32. The third-order valence-electron chi connectivity index (χ3n) is 12.7. The molecule has 13 nitrogen and oxygen atoms in total. The number of methoxy groups -OCH3 is 1. The van der Waals surface area contributed by atoms with E-state index in [0.29, 0.717) is 52.8 Å². The highest BCUT2D eigenvalue weighted by Crippen LogP contribution is 2.39. The summed E-state index contributed by atoms with van der Waals surface area (Å²) < 4.78 is 77.2. The summed E-state index contributed by atoms with van der Waals surface area (Å²) in [6.07, 6.45) is 5.83. The first-order valence-electron chi connectivity index (χ1n) is 23.9. The standard InChI is InChI=1S/C61H50N3O10S2/c1-61(47-18-22-49(23-19-47)73-51-26-30-55(31-27-51)75(67,68)53-10-6-4-7-11-53,48-20-24-50(25-21-48)74-52-28-32-56(33-29-52)76(69,70)54-12-8-5-9-13-54)37-34-59(65)72-41-40-64-38-35-44(36-39-64)42-58(63-2)46-16-14-45(15-17-46)57(43-62)60(66)71-3/h4-33,35-36,38-39,42,57H,34,37,40-41H2,1,3H3/q+1/b58-42-. The Morgan fingerprint density at radius 1 is 0.632 bits per heavy atom. The molecule has 0 saturated carbocycles. The van der Waals surface area contributed by atoms with Gasteiger partial charge in [0.05, 0.1) is 39.3 Å². The van der Waals surface area contributed by atoms with Crippen LogP contribution in [0.3, 0.4) is 0 Å². The molecule has 1 unspecified atom stereocenters. The average Bonchev–Trinajstić information content (AvgIpc) is 3.45. The molecule has 76 heavy (non-hydrogen) atoms. The molecular formula is C61H50N3O10S2+. The molecular weight excluding hydrogens is 999 g/mol. The van der Waals surface area contributed by atoms with E-state index in [-0.39, 0.29) is 38.6 Å². The fourth-order valence-corrected chi connectivity index (χ4v) is 10.9. The maximum atomic E-state index is 13.4. The summed E-state index contributed by atoms with van der Waals surface area (Å²) in [4.78, 5) is 29.8. The molecule has 0 bridgehead atoms. The van der Waals surface area contributed by atoms with Crippen LogP contribution in [0.4, 0.5) is 0 Å². The summed E-state index contributed by atoms with van der Waals surface area (Å²) in [5.74, 6) is -0.180. The first kappa shape index (κ1) is 53.2. The number of carbonyl (C=O) groups excluding carboxylic acids is 2. The number of sulfone groups is 2. The number of nitrogens with zero attached hydrogens (tertiary/aromatic N) is 3. The van der Waals surface area contributed by atoms with Crippen molar-refractivity contribution >= 4 is 43.4 Å². The van der Waals surface area contributed by atoms with Crippen LogP contribution in [-0.4, -0.2) is 42.5 Å². The zero-order chi connectivity index (χ0) is 53.7. The SMILES string of the molecule is [C-]#[N+]/C(=C\c1cc[n+](CCOC(=O)CCC(C)(c2ccc(Oc3ccc(S(=O)(=O)c4ccccc4)cc3)cc2)c2ccc(Oc3ccc(S(=O)(=O)c4ccccc4)cc3)cc2)cc1)c1ccc(C(C#N)C(=O)OC)cc1. The molecule has 0 aliphatic carbocycles. The smallest absolute Gasteiger partial charge is 0.327 e. The lowest BCUT2D eigenvalue weighted by molar-refractivity contribution is -0.697. The van der Waals surface area contributed by atoms with Crippen LogP contribution >= 0.6 is 0 Å². The second-order valence-electron chi connectivity index (χ2n) is 17.6. The number of nitriles is 1. The van der Waals surface area contributed by atoms with Crippen molar-refractivity contribution in [2.75, 3.05) is 13.7 Å². The summed E-state index contributed by atoms with van der Waals surface area (Å²) >= 11 is 0. The van der Waals surface area contributed by atoms with E-state index in [0.717, 1.165) is 16.7 Å². The van der Waals surface area contributed by atoms with Crippen LogP contribution < -0.4 is 14.0 Å². The van der Waals surface area contributed by atoms with Gasteiger partial charge in [0.15, 0.2) is 37.2 Å². The van der Waals surface area contributed by atoms with Crippen LogP contribution in [0.5, 0.6) is 23.0 Å². The third-order valence-corrected chi connectivity index (χ3v) is 16.3. The summed E-state index contributed by atoms with van der Waals surface area (Å²) in [6.45, 7) is 10.3. The number of rotatable bonds is 20. The van der Waals surface area contributed by atoms with Gasteiger partial charge in [0.2, 0.25) is 19.7 Å².